The lowest BCUT2D eigenvalue weighted by Crippen LogP contribution is -2.34. The molecule has 0 radical (unpaired) electrons. The first-order chi connectivity index (χ1) is 11.9. The molecule has 0 aromatic heterocycles. The molecule has 0 aliphatic carbocycles. The van der Waals surface area contributed by atoms with Crippen molar-refractivity contribution in [3.05, 3.63) is 54.1 Å². The molecule has 0 bridgehead atoms. The number of hydrogen-bond donors (Lipinski definition) is 1. The maximum Gasteiger partial charge on any atom is 0.238 e. The molecule has 1 atom stereocenters. The van der Waals surface area contributed by atoms with Gasteiger partial charge in [0.15, 0.2) is 0 Å². The molecule has 132 valence electrons. The van der Waals surface area contributed by atoms with Crippen molar-refractivity contribution in [3.63, 3.8) is 0 Å². The smallest absolute Gasteiger partial charge is 0.238 e. The molecule has 2 aromatic carbocycles. The Hall–Kier alpha value is -2.18. The molecule has 1 N–H and O–H groups in total. The maximum absolute atomic E-state index is 11.9. The first-order valence-electron chi connectivity index (χ1n) is 8.28. The minimum atomic E-state index is -3.66. The van der Waals surface area contributed by atoms with Crippen LogP contribution in [0.15, 0.2) is 48.5 Å². The first-order valence-corrected chi connectivity index (χ1v) is 10.1. The number of carbonyl (C=O) groups is 1. The van der Waals surface area contributed by atoms with Gasteiger partial charge < -0.3 is 5.32 Å². The summed E-state index contributed by atoms with van der Waals surface area (Å²) in [6.07, 6.45) is 2.18. The average molecular weight is 358 g/mol. The third-order valence-corrected chi connectivity index (χ3v) is 5.61. The van der Waals surface area contributed by atoms with Crippen molar-refractivity contribution in [2.45, 2.75) is 19.3 Å². The minimum Gasteiger partial charge on any atom is -0.316 e. The van der Waals surface area contributed by atoms with Crippen LogP contribution >= 0.6 is 0 Å². The van der Waals surface area contributed by atoms with Gasteiger partial charge in [-0.1, -0.05) is 36.4 Å². The number of rotatable bonds is 4. The second kappa shape index (κ2) is 6.98. The number of anilines is 1. The summed E-state index contributed by atoms with van der Waals surface area (Å²) in [5, 5.41) is 3.37. The van der Waals surface area contributed by atoms with Crippen LogP contribution in [0.3, 0.4) is 0 Å². The molecule has 6 heteroatoms. The summed E-state index contributed by atoms with van der Waals surface area (Å²) < 4.78 is 24.7. The van der Waals surface area contributed by atoms with Gasteiger partial charge in [0.1, 0.15) is 0 Å². The van der Waals surface area contributed by atoms with E-state index in [-0.39, 0.29) is 0 Å². The Morgan fingerprint density at radius 3 is 2.40 bits per heavy atom. The molecule has 0 spiro atoms. The van der Waals surface area contributed by atoms with Gasteiger partial charge >= 0.3 is 0 Å². The third-order valence-electron chi connectivity index (χ3n) is 4.47. The molecule has 1 unspecified atom stereocenters. The summed E-state index contributed by atoms with van der Waals surface area (Å²) in [6, 6.07) is 15.4. The molecule has 1 amide bonds. The molecule has 3 rings (SSSR count). The predicted molar refractivity (Wildman–Crippen MR) is 100 cm³/mol. The summed E-state index contributed by atoms with van der Waals surface area (Å²) in [7, 11) is -3.66. The lowest BCUT2D eigenvalue weighted by Gasteiger charge is -2.19. The van der Waals surface area contributed by atoms with Gasteiger partial charge in [0.25, 0.3) is 0 Å². The van der Waals surface area contributed by atoms with Crippen LogP contribution in [0.2, 0.25) is 0 Å². The Bertz CT molecular complexity index is 870. The molecule has 1 saturated heterocycles. The van der Waals surface area contributed by atoms with Gasteiger partial charge in [-0.2, -0.15) is 0 Å². The van der Waals surface area contributed by atoms with Crippen LogP contribution in [0, 0.1) is 0 Å². The van der Waals surface area contributed by atoms with E-state index in [2.05, 4.69) is 17.4 Å². The zero-order valence-corrected chi connectivity index (χ0v) is 15.2. The van der Waals surface area contributed by atoms with Gasteiger partial charge in [0.05, 0.1) is 11.9 Å². The van der Waals surface area contributed by atoms with Crippen LogP contribution in [0.25, 0.3) is 11.1 Å². The number of carbonyl (C=O) groups excluding carboxylic acids is 1. The summed E-state index contributed by atoms with van der Waals surface area (Å²) in [5.74, 6) is 0.0301. The van der Waals surface area contributed by atoms with E-state index in [1.165, 1.54) is 12.5 Å². The molecule has 1 fully saturated rings. The van der Waals surface area contributed by atoms with Gasteiger partial charge in [-0.25, -0.2) is 12.7 Å². The Morgan fingerprint density at radius 2 is 1.84 bits per heavy atom. The van der Waals surface area contributed by atoms with Crippen molar-refractivity contribution < 1.29 is 13.2 Å². The van der Waals surface area contributed by atoms with E-state index in [4.69, 9.17) is 0 Å². The summed E-state index contributed by atoms with van der Waals surface area (Å²) in [5.41, 5.74) is 3.54. The molecule has 1 aliphatic rings. The maximum atomic E-state index is 11.9. The molecule has 25 heavy (non-hydrogen) atoms. The van der Waals surface area contributed by atoms with Crippen LogP contribution in [0.1, 0.15) is 24.8 Å². The van der Waals surface area contributed by atoms with Crippen LogP contribution in [0.5, 0.6) is 0 Å². The van der Waals surface area contributed by atoms with E-state index >= 15 is 0 Å². The Labute approximate surface area is 148 Å². The molecule has 1 aliphatic heterocycles. The van der Waals surface area contributed by atoms with Crippen molar-refractivity contribution in [1.29, 1.82) is 0 Å². The summed E-state index contributed by atoms with van der Waals surface area (Å²) >= 11 is 0. The van der Waals surface area contributed by atoms with Gasteiger partial charge in [-0.3, -0.25) is 4.79 Å². The number of nitrogens with one attached hydrogen (secondary N) is 1. The Morgan fingerprint density at radius 1 is 1.12 bits per heavy atom. The van der Waals surface area contributed by atoms with E-state index in [0.29, 0.717) is 11.6 Å². The first kappa shape index (κ1) is 17.6. The fraction of sp³-hybridized carbons (Fsp3) is 0.316. The Kier molecular flexibility index (Phi) is 4.92. The number of nitrogens with zero attached hydrogens (tertiary/aromatic N) is 1. The van der Waals surface area contributed by atoms with Crippen LogP contribution in [-0.4, -0.2) is 33.7 Å². The highest BCUT2D eigenvalue weighted by molar-refractivity contribution is 7.92. The lowest BCUT2D eigenvalue weighted by atomic mass is 9.95. The second-order valence-corrected chi connectivity index (χ2v) is 8.24. The van der Waals surface area contributed by atoms with Gasteiger partial charge in [0, 0.05) is 13.5 Å². The minimum absolute atomic E-state index is 0.358. The lowest BCUT2D eigenvalue weighted by molar-refractivity contribution is -0.115. The van der Waals surface area contributed by atoms with Gasteiger partial charge in [-0.05, 0) is 47.7 Å². The predicted octanol–water partition coefficient (Wildman–Crippen LogP) is 2.74. The van der Waals surface area contributed by atoms with Crippen LogP contribution in [-0.2, 0) is 14.8 Å². The second-order valence-electron chi connectivity index (χ2n) is 6.41. The number of benzene rings is 2. The van der Waals surface area contributed by atoms with Crippen LogP contribution in [0.4, 0.5) is 5.69 Å². The molecular formula is C19H22N2O3S. The van der Waals surface area contributed by atoms with E-state index < -0.39 is 15.9 Å². The number of hydrogen-bond acceptors (Lipinski definition) is 4. The molecule has 2 aromatic rings. The standard InChI is InChI=1S/C19H22N2O3S/c1-14(22)21(25(2,23)24)19-5-3-4-17(12-19)15-6-8-16(9-7-15)18-10-11-20-13-18/h3-9,12,18,20H,10-11,13H2,1-2H3. The van der Waals surface area contributed by atoms with Crippen LogP contribution < -0.4 is 9.62 Å². The SMILES string of the molecule is CC(=O)N(c1cccc(-c2ccc(C3CCNC3)cc2)c1)S(C)(=O)=O. The van der Waals surface area contributed by atoms with Crippen molar-refractivity contribution in [2.75, 3.05) is 23.7 Å². The quantitative estimate of drug-likeness (QED) is 0.913. The van der Waals surface area contributed by atoms with E-state index in [1.54, 1.807) is 18.2 Å². The highest BCUT2D eigenvalue weighted by atomic mass is 32.2. The fourth-order valence-corrected chi connectivity index (χ4v) is 4.27. The number of amides is 1. The normalized spacial score (nSPS) is 17.4. The Balaban J connectivity index is 1.92. The molecule has 5 nitrogen and oxygen atoms in total. The monoisotopic (exact) mass is 358 g/mol. The number of sulfonamides is 1. The van der Waals surface area contributed by atoms with Crippen molar-refractivity contribution in [1.82, 2.24) is 5.32 Å². The summed E-state index contributed by atoms with van der Waals surface area (Å²) in [4.78, 5) is 11.8. The molecule has 0 saturated carbocycles. The van der Waals surface area contributed by atoms with E-state index in [9.17, 15) is 13.2 Å². The zero-order chi connectivity index (χ0) is 18.0. The van der Waals surface area contributed by atoms with E-state index in [0.717, 1.165) is 41.2 Å². The molecule has 1 heterocycles. The molecular weight excluding hydrogens is 336 g/mol. The van der Waals surface area contributed by atoms with Crippen molar-refractivity contribution in [3.8, 4) is 11.1 Å². The topological polar surface area (TPSA) is 66.5 Å². The highest BCUT2D eigenvalue weighted by Crippen LogP contribution is 2.29. The summed E-state index contributed by atoms with van der Waals surface area (Å²) in [6.45, 7) is 3.32. The zero-order valence-electron chi connectivity index (χ0n) is 14.4. The highest BCUT2D eigenvalue weighted by Gasteiger charge is 2.22. The van der Waals surface area contributed by atoms with Gasteiger partial charge in [0.2, 0.25) is 15.9 Å². The average Bonchev–Trinajstić information content (AvgIpc) is 3.08. The fourth-order valence-electron chi connectivity index (χ4n) is 3.31. The third kappa shape index (κ3) is 3.91. The van der Waals surface area contributed by atoms with Crippen molar-refractivity contribution >= 4 is 21.6 Å². The largest absolute Gasteiger partial charge is 0.316 e. The van der Waals surface area contributed by atoms with Gasteiger partial charge in [-0.15, -0.1) is 0 Å². The van der Waals surface area contributed by atoms with E-state index in [1.807, 2.05) is 18.2 Å². The van der Waals surface area contributed by atoms with Crippen molar-refractivity contribution in [2.24, 2.45) is 0 Å².